The van der Waals surface area contributed by atoms with E-state index < -0.39 is 5.60 Å². The molecule has 0 unspecified atom stereocenters. The van der Waals surface area contributed by atoms with E-state index in [9.17, 15) is 4.79 Å². The molecule has 2 rings (SSSR count). The summed E-state index contributed by atoms with van der Waals surface area (Å²) in [5, 5.41) is 6.81. The number of carbonyl (C=O) groups is 1. The van der Waals surface area contributed by atoms with Crippen LogP contribution in [-0.2, 0) is 10.2 Å². The summed E-state index contributed by atoms with van der Waals surface area (Å²) in [6.45, 7) is 8.88. The minimum Gasteiger partial charge on any atom is -0.444 e. The number of nitrogens with two attached hydrogens (primary N) is 1. The summed E-state index contributed by atoms with van der Waals surface area (Å²) in [5.41, 5.74) is 5.98. The van der Waals surface area contributed by atoms with Crippen molar-refractivity contribution in [3.05, 3.63) is 11.8 Å². The SMILES string of the molecule is CC(C)(C)OC(=O)N1CC(C)(c2cc(N)n[nH]2)C1. The first-order chi connectivity index (χ1) is 8.20. The third kappa shape index (κ3) is 2.42. The van der Waals surface area contributed by atoms with E-state index in [2.05, 4.69) is 17.1 Å². The minimum absolute atomic E-state index is 0.110. The van der Waals surface area contributed by atoms with Gasteiger partial charge in [-0.2, -0.15) is 5.10 Å². The van der Waals surface area contributed by atoms with Crippen LogP contribution in [0.15, 0.2) is 6.07 Å². The molecule has 0 aliphatic carbocycles. The predicted octanol–water partition coefficient (Wildman–Crippen LogP) is 1.50. The van der Waals surface area contributed by atoms with E-state index in [4.69, 9.17) is 10.5 Å². The van der Waals surface area contributed by atoms with E-state index in [-0.39, 0.29) is 11.5 Å². The quantitative estimate of drug-likeness (QED) is 0.793. The van der Waals surface area contributed by atoms with Crippen LogP contribution in [0.25, 0.3) is 0 Å². The maximum Gasteiger partial charge on any atom is 0.410 e. The van der Waals surface area contributed by atoms with Crippen molar-refractivity contribution < 1.29 is 9.53 Å². The van der Waals surface area contributed by atoms with E-state index in [1.165, 1.54) is 0 Å². The Bertz CT molecular complexity index is 455. The topological polar surface area (TPSA) is 84.2 Å². The van der Waals surface area contributed by atoms with Gasteiger partial charge in [-0.3, -0.25) is 5.10 Å². The molecule has 1 aromatic rings. The molecule has 1 fully saturated rings. The normalized spacial score (nSPS) is 18.3. The number of hydrogen-bond donors (Lipinski definition) is 2. The average molecular weight is 252 g/mol. The highest BCUT2D eigenvalue weighted by molar-refractivity contribution is 5.70. The van der Waals surface area contributed by atoms with Crippen molar-refractivity contribution in [2.75, 3.05) is 18.8 Å². The Labute approximate surface area is 106 Å². The largest absolute Gasteiger partial charge is 0.444 e. The molecule has 0 spiro atoms. The van der Waals surface area contributed by atoms with Gasteiger partial charge in [-0.1, -0.05) is 6.92 Å². The zero-order valence-corrected chi connectivity index (χ0v) is 11.3. The number of nitrogens with one attached hydrogen (secondary N) is 1. The molecule has 18 heavy (non-hydrogen) atoms. The van der Waals surface area contributed by atoms with E-state index >= 15 is 0 Å². The van der Waals surface area contributed by atoms with Gasteiger partial charge in [-0.05, 0) is 20.8 Å². The van der Waals surface area contributed by atoms with Gasteiger partial charge < -0.3 is 15.4 Å². The summed E-state index contributed by atoms with van der Waals surface area (Å²) >= 11 is 0. The Kier molecular flexibility index (Phi) is 2.76. The van der Waals surface area contributed by atoms with Gasteiger partial charge in [0.05, 0.1) is 0 Å². The summed E-state index contributed by atoms with van der Waals surface area (Å²) in [6, 6.07) is 1.81. The number of hydrogen-bond acceptors (Lipinski definition) is 4. The second-order valence-corrected chi connectivity index (χ2v) is 6.10. The molecular formula is C12H20N4O2. The molecular weight excluding hydrogens is 232 g/mol. The van der Waals surface area contributed by atoms with Gasteiger partial charge in [-0.25, -0.2) is 4.79 Å². The van der Waals surface area contributed by atoms with Crippen molar-refractivity contribution in [1.82, 2.24) is 15.1 Å². The van der Waals surface area contributed by atoms with Gasteiger partial charge in [-0.15, -0.1) is 0 Å². The van der Waals surface area contributed by atoms with Crippen molar-refractivity contribution in [2.45, 2.75) is 38.7 Å². The van der Waals surface area contributed by atoms with Gasteiger partial charge in [0.1, 0.15) is 11.4 Å². The number of aromatic nitrogens is 2. The first-order valence-corrected chi connectivity index (χ1v) is 5.99. The number of likely N-dealkylation sites (tertiary alicyclic amines) is 1. The number of H-pyrrole nitrogens is 1. The smallest absolute Gasteiger partial charge is 0.410 e. The maximum absolute atomic E-state index is 11.8. The highest BCUT2D eigenvalue weighted by atomic mass is 16.6. The number of ether oxygens (including phenoxy) is 1. The van der Waals surface area contributed by atoms with Crippen LogP contribution in [0.4, 0.5) is 10.6 Å². The van der Waals surface area contributed by atoms with Gasteiger partial charge in [0.25, 0.3) is 0 Å². The average Bonchev–Trinajstić information content (AvgIpc) is 2.57. The number of rotatable bonds is 1. The highest BCUT2D eigenvalue weighted by Gasteiger charge is 2.45. The van der Waals surface area contributed by atoms with Crippen LogP contribution in [-0.4, -0.2) is 39.9 Å². The molecule has 0 saturated carbocycles. The van der Waals surface area contributed by atoms with E-state index in [0.29, 0.717) is 18.9 Å². The van der Waals surface area contributed by atoms with Crippen LogP contribution in [0, 0.1) is 0 Å². The fourth-order valence-corrected chi connectivity index (χ4v) is 2.07. The lowest BCUT2D eigenvalue weighted by Gasteiger charge is -2.47. The third-order valence-corrected chi connectivity index (χ3v) is 2.98. The summed E-state index contributed by atoms with van der Waals surface area (Å²) < 4.78 is 5.31. The summed E-state index contributed by atoms with van der Waals surface area (Å²) in [7, 11) is 0. The molecule has 1 aromatic heterocycles. The molecule has 6 nitrogen and oxygen atoms in total. The molecule has 0 radical (unpaired) electrons. The van der Waals surface area contributed by atoms with E-state index in [1.54, 1.807) is 4.90 Å². The lowest BCUT2D eigenvalue weighted by atomic mass is 9.79. The van der Waals surface area contributed by atoms with Crippen LogP contribution in [0.5, 0.6) is 0 Å². The Morgan fingerprint density at radius 3 is 2.61 bits per heavy atom. The Morgan fingerprint density at radius 2 is 2.17 bits per heavy atom. The van der Waals surface area contributed by atoms with Gasteiger partial charge >= 0.3 is 6.09 Å². The van der Waals surface area contributed by atoms with Crippen molar-refractivity contribution in [3.63, 3.8) is 0 Å². The summed E-state index contributed by atoms with van der Waals surface area (Å²) in [6.07, 6.45) is -0.271. The minimum atomic E-state index is -0.457. The molecule has 2 heterocycles. The van der Waals surface area contributed by atoms with Gasteiger partial charge in [0.15, 0.2) is 0 Å². The first kappa shape index (κ1) is 12.7. The lowest BCUT2D eigenvalue weighted by Crippen LogP contribution is -2.60. The molecule has 1 aliphatic rings. The molecule has 3 N–H and O–H groups in total. The number of nitrogens with zero attached hydrogens (tertiary/aromatic N) is 2. The van der Waals surface area contributed by atoms with Crippen LogP contribution in [0.1, 0.15) is 33.4 Å². The van der Waals surface area contributed by atoms with Crippen LogP contribution < -0.4 is 5.73 Å². The van der Waals surface area contributed by atoms with Gasteiger partial charge in [0.2, 0.25) is 0 Å². The number of amides is 1. The number of aromatic amines is 1. The molecule has 1 amide bonds. The van der Waals surface area contributed by atoms with Crippen LogP contribution in [0.2, 0.25) is 0 Å². The van der Waals surface area contributed by atoms with Crippen molar-refractivity contribution in [2.24, 2.45) is 0 Å². The number of anilines is 1. The molecule has 0 aromatic carbocycles. The highest BCUT2D eigenvalue weighted by Crippen LogP contribution is 2.34. The Balaban J connectivity index is 1.95. The van der Waals surface area contributed by atoms with E-state index in [0.717, 1.165) is 5.69 Å². The monoisotopic (exact) mass is 252 g/mol. The zero-order chi connectivity index (χ0) is 13.6. The first-order valence-electron chi connectivity index (χ1n) is 5.99. The fraction of sp³-hybridized carbons (Fsp3) is 0.667. The fourth-order valence-electron chi connectivity index (χ4n) is 2.07. The molecule has 1 saturated heterocycles. The van der Waals surface area contributed by atoms with E-state index in [1.807, 2.05) is 26.8 Å². The van der Waals surface area contributed by atoms with Crippen molar-refractivity contribution in [3.8, 4) is 0 Å². The summed E-state index contributed by atoms with van der Waals surface area (Å²) in [5.74, 6) is 0.474. The summed E-state index contributed by atoms with van der Waals surface area (Å²) in [4.78, 5) is 13.5. The Morgan fingerprint density at radius 1 is 1.56 bits per heavy atom. The molecule has 1 aliphatic heterocycles. The second kappa shape index (κ2) is 3.90. The molecule has 6 heteroatoms. The van der Waals surface area contributed by atoms with Crippen LogP contribution in [0.3, 0.4) is 0 Å². The van der Waals surface area contributed by atoms with Gasteiger partial charge in [0, 0.05) is 30.3 Å². The third-order valence-electron chi connectivity index (χ3n) is 2.98. The molecule has 0 bridgehead atoms. The predicted molar refractivity (Wildman–Crippen MR) is 68.2 cm³/mol. The van der Waals surface area contributed by atoms with Crippen molar-refractivity contribution >= 4 is 11.9 Å². The number of carbonyl (C=O) groups excluding carboxylic acids is 1. The lowest BCUT2D eigenvalue weighted by molar-refractivity contribution is -0.00722. The maximum atomic E-state index is 11.8. The van der Waals surface area contributed by atoms with Crippen LogP contribution >= 0.6 is 0 Å². The zero-order valence-electron chi connectivity index (χ0n) is 11.3. The second-order valence-electron chi connectivity index (χ2n) is 6.10. The van der Waals surface area contributed by atoms with Crippen molar-refractivity contribution in [1.29, 1.82) is 0 Å². The molecule has 0 atom stereocenters. The number of nitrogen functional groups attached to an aromatic ring is 1. The standard InChI is InChI=1S/C12H20N4O2/c1-11(2,3)18-10(17)16-6-12(4,7-16)8-5-9(13)15-14-8/h5H,6-7H2,1-4H3,(H3,13,14,15). The Hall–Kier alpha value is -1.72. The molecule has 100 valence electrons.